The maximum Gasteiger partial charge on any atom is 0.170 e. The molecule has 4 heteroatoms. The molecule has 0 bridgehead atoms. The van der Waals surface area contributed by atoms with Crippen molar-refractivity contribution in [2.45, 2.75) is 13.3 Å². The van der Waals surface area contributed by atoms with E-state index in [4.69, 9.17) is 0 Å². The molecule has 1 aromatic carbocycles. The van der Waals surface area contributed by atoms with Crippen molar-refractivity contribution in [1.82, 2.24) is 9.78 Å². The van der Waals surface area contributed by atoms with Crippen LogP contribution in [-0.4, -0.2) is 15.6 Å². The lowest BCUT2D eigenvalue weighted by Gasteiger charge is -2.01. The largest absolute Gasteiger partial charge is 0.294 e. The summed E-state index contributed by atoms with van der Waals surface area (Å²) in [7, 11) is 1.84. The molecule has 0 unspecified atom stereocenters. The van der Waals surface area contributed by atoms with Gasteiger partial charge in [-0.25, -0.2) is 0 Å². The molecule has 0 radical (unpaired) electrons. The Kier molecular flexibility index (Phi) is 3.43. The van der Waals surface area contributed by atoms with Crippen molar-refractivity contribution in [3.63, 3.8) is 0 Å². The molecule has 1 aromatic heterocycles. The van der Waals surface area contributed by atoms with E-state index in [1.54, 1.807) is 10.9 Å². The zero-order valence-electron chi connectivity index (χ0n) is 9.77. The predicted octanol–water partition coefficient (Wildman–Crippen LogP) is 2.92. The van der Waals surface area contributed by atoms with Gasteiger partial charge in [0.1, 0.15) is 0 Å². The van der Waals surface area contributed by atoms with E-state index in [1.165, 1.54) is 0 Å². The first kappa shape index (κ1) is 12.0. The summed E-state index contributed by atoms with van der Waals surface area (Å²) in [5.74, 6) is 0.109. The highest BCUT2D eigenvalue weighted by Crippen LogP contribution is 2.14. The van der Waals surface area contributed by atoms with Gasteiger partial charge in [0, 0.05) is 23.6 Å². The number of aryl methyl sites for hydroxylation is 1. The SMILES string of the molecule is Cc1c(C(=O)Cc2ccc(Br)cc2)cnn1C. The number of ketones is 1. The average molecular weight is 293 g/mol. The summed E-state index contributed by atoms with van der Waals surface area (Å²) in [5.41, 5.74) is 2.63. The molecular formula is C13H13BrN2O. The van der Waals surface area contributed by atoms with E-state index in [2.05, 4.69) is 21.0 Å². The van der Waals surface area contributed by atoms with Gasteiger partial charge in [0.25, 0.3) is 0 Å². The van der Waals surface area contributed by atoms with Crippen LogP contribution in [0.1, 0.15) is 21.6 Å². The Hall–Kier alpha value is -1.42. The summed E-state index contributed by atoms with van der Waals surface area (Å²) >= 11 is 3.37. The van der Waals surface area contributed by atoms with Gasteiger partial charge < -0.3 is 0 Å². The second-order valence-corrected chi connectivity index (χ2v) is 4.91. The molecule has 88 valence electrons. The van der Waals surface area contributed by atoms with Crippen LogP contribution >= 0.6 is 15.9 Å². The molecule has 2 rings (SSSR count). The highest BCUT2D eigenvalue weighted by molar-refractivity contribution is 9.10. The Morgan fingerprint density at radius 2 is 2.00 bits per heavy atom. The van der Waals surface area contributed by atoms with E-state index in [9.17, 15) is 4.79 Å². The van der Waals surface area contributed by atoms with Crippen molar-refractivity contribution in [2.75, 3.05) is 0 Å². The van der Waals surface area contributed by atoms with Crippen LogP contribution in [0.2, 0.25) is 0 Å². The topological polar surface area (TPSA) is 34.9 Å². The van der Waals surface area contributed by atoms with Crippen LogP contribution < -0.4 is 0 Å². The third-order valence-electron chi connectivity index (χ3n) is 2.81. The van der Waals surface area contributed by atoms with Gasteiger partial charge in [0.15, 0.2) is 5.78 Å². The van der Waals surface area contributed by atoms with Crippen LogP contribution in [-0.2, 0) is 13.5 Å². The minimum atomic E-state index is 0.109. The minimum Gasteiger partial charge on any atom is -0.294 e. The molecule has 0 aliphatic carbocycles. The number of hydrogen-bond acceptors (Lipinski definition) is 2. The standard InChI is InChI=1S/C13H13BrN2O/c1-9-12(8-15-16(9)2)13(17)7-10-3-5-11(14)6-4-10/h3-6,8H,7H2,1-2H3. The van der Waals surface area contributed by atoms with Gasteiger partial charge in [0.2, 0.25) is 0 Å². The molecule has 0 aliphatic heterocycles. The van der Waals surface area contributed by atoms with Crippen molar-refractivity contribution in [3.8, 4) is 0 Å². The molecule has 3 nitrogen and oxygen atoms in total. The predicted molar refractivity (Wildman–Crippen MR) is 70.1 cm³/mol. The number of hydrogen-bond donors (Lipinski definition) is 0. The molecule has 0 spiro atoms. The Balaban J connectivity index is 2.17. The van der Waals surface area contributed by atoms with E-state index in [0.717, 1.165) is 15.7 Å². The van der Waals surface area contributed by atoms with E-state index in [1.807, 2.05) is 38.2 Å². The molecular weight excluding hydrogens is 280 g/mol. The quantitative estimate of drug-likeness (QED) is 0.816. The summed E-state index contributed by atoms with van der Waals surface area (Å²) in [6.07, 6.45) is 2.05. The molecule has 0 aliphatic rings. The van der Waals surface area contributed by atoms with Crippen molar-refractivity contribution < 1.29 is 4.79 Å². The number of aromatic nitrogens is 2. The Labute approximate surface area is 109 Å². The fourth-order valence-corrected chi connectivity index (χ4v) is 1.92. The van der Waals surface area contributed by atoms with Gasteiger partial charge in [-0.15, -0.1) is 0 Å². The summed E-state index contributed by atoms with van der Waals surface area (Å²) in [6.45, 7) is 1.90. The van der Waals surface area contributed by atoms with Crippen molar-refractivity contribution in [2.24, 2.45) is 7.05 Å². The Morgan fingerprint density at radius 3 is 2.53 bits per heavy atom. The smallest absolute Gasteiger partial charge is 0.170 e. The maximum absolute atomic E-state index is 12.1. The molecule has 0 amide bonds. The number of Topliss-reactive ketones (excluding diaryl/α,β-unsaturated/α-hetero) is 1. The van der Waals surface area contributed by atoms with E-state index in [-0.39, 0.29) is 5.78 Å². The van der Waals surface area contributed by atoms with Gasteiger partial charge in [-0.2, -0.15) is 5.10 Å². The van der Waals surface area contributed by atoms with Crippen molar-refractivity contribution >= 4 is 21.7 Å². The lowest BCUT2D eigenvalue weighted by Crippen LogP contribution is -2.05. The molecule has 1 heterocycles. The molecule has 2 aromatic rings. The number of nitrogens with zero attached hydrogens (tertiary/aromatic N) is 2. The van der Waals surface area contributed by atoms with Crippen LogP contribution in [0.25, 0.3) is 0 Å². The second-order valence-electron chi connectivity index (χ2n) is 3.99. The monoisotopic (exact) mass is 292 g/mol. The number of carbonyl (C=O) groups excluding carboxylic acids is 1. The Bertz CT molecular complexity index is 543. The maximum atomic E-state index is 12.1. The number of carbonyl (C=O) groups is 1. The van der Waals surface area contributed by atoms with E-state index in [0.29, 0.717) is 12.0 Å². The molecule has 0 fully saturated rings. The first-order valence-electron chi connectivity index (χ1n) is 5.34. The zero-order valence-corrected chi connectivity index (χ0v) is 11.4. The third-order valence-corrected chi connectivity index (χ3v) is 3.34. The average Bonchev–Trinajstić information content (AvgIpc) is 2.63. The molecule has 0 N–H and O–H groups in total. The fraction of sp³-hybridized carbons (Fsp3) is 0.231. The minimum absolute atomic E-state index is 0.109. The molecule has 0 atom stereocenters. The third kappa shape index (κ3) is 2.64. The van der Waals surface area contributed by atoms with Gasteiger partial charge >= 0.3 is 0 Å². The van der Waals surface area contributed by atoms with Crippen molar-refractivity contribution in [1.29, 1.82) is 0 Å². The van der Waals surface area contributed by atoms with Crippen molar-refractivity contribution in [3.05, 3.63) is 51.8 Å². The highest BCUT2D eigenvalue weighted by atomic mass is 79.9. The van der Waals surface area contributed by atoms with Gasteiger partial charge in [-0.1, -0.05) is 28.1 Å². The lowest BCUT2D eigenvalue weighted by atomic mass is 10.0. The van der Waals surface area contributed by atoms with Crippen LogP contribution in [0.15, 0.2) is 34.9 Å². The van der Waals surface area contributed by atoms with Gasteiger partial charge in [0.05, 0.1) is 11.8 Å². The van der Waals surface area contributed by atoms with Crippen LogP contribution in [0.4, 0.5) is 0 Å². The highest BCUT2D eigenvalue weighted by Gasteiger charge is 2.13. The first-order chi connectivity index (χ1) is 8.08. The van der Waals surface area contributed by atoms with Crippen LogP contribution in [0.3, 0.4) is 0 Å². The van der Waals surface area contributed by atoms with Gasteiger partial charge in [-0.3, -0.25) is 9.48 Å². The van der Waals surface area contributed by atoms with E-state index >= 15 is 0 Å². The zero-order chi connectivity index (χ0) is 12.4. The normalized spacial score (nSPS) is 10.5. The summed E-state index contributed by atoms with van der Waals surface area (Å²) in [4.78, 5) is 12.1. The number of benzene rings is 1. The Morgan fingerprint density at radius 1 is 1.35 bits per heavy atom. The number of rotatable bonds is 3. The lowest BCUT2D eigenvalue weighted by molar-refractivity contribution is 0.0992. The van der Waals surface area contributed by atoms with Gasteiger partial charge in [-0.05, 0) is 24.6 Å². The molecule has 0 saturated carbocycles. The summed E-state index contributed by atoms with van der Waals surface area (Å²) in [6, 6.07) is 7.79. The first-order valence-corrected chi connectivity index (χ1v) is 6.13. The summed E-state index contributed by atoms with van der Waals surface area (Å²) in [5, 5.41) is 4.08. The van der Waals surface area contributed by atoms with Crippen LogP contribution in [0, 0.1) is 6.92 Å². The second kappa shape index (κ2) is 4.84. The number of halogens is 1. The summed E-state index contributed by atoms with van der Waals surface area (Å²) < 4.78 is 2.74. The molecule has 17 heavy (non-hydrogen) atoms. The van der Waals surface area contributed by atoms with Crippen LogP contribution in [0.5, 0.6) is 0 Å². The fourth-order valence-electron chi connectivity index (χ4n) is 1.66. The van der Waals surface area contributed by atoms with E-state index < -0.39 is 0 Å². The molecule has 0 saturated heterocycles.